The highest BCUT2D eigenvalue weighted by Crippen LogP contribution is 2.51. The lowest BCUT2D eigenvalue weighted by Gasteiger charge is -2.23. The first kappa shape index (κ1) is 37.5. The first-order chi connectivity index (χ1) is 27.8. The van der Waals surface area contributed by atoms with Gasteiger partial charge in [-0.15, -0.1) is 0 Å². The van der Waals surface area contributed by atoms with Crippen LogP contribution in [-0.4, -0.2) is 9.13 Å². The van der Waals surface area contributed by atoms with Gasteiger partial charge in [0.25, 0.3) is 0 Å². The summed E-state index contributed by atoms with van der Waals surface area (Å²) >= 11 is 0. The number of rotatable bonds is 14. The van der Waals surface area contributed by atoms with Gasteiger partial charge in [-0.3, -0.25) is 0 Å². The molecule has 0 aliphatic heterocycles. The van der Waals surface area contributed by atoms with E-state index in [-0.39, 0.29) is 5.41 Å². The Hall–Kier alpha value is -5.08. The lowest BCUT2D eigenvalue weighted by Crippen LogP contribution is -2.16. The minimum atomic E-state index is -0.157. The summed E-state index contributed by atoms with van der Waals surface area (Å²) in [6.45, 7) is 14.0. The predicted molar refractivity (Wildman–Crippen MR) is 247 cm³/mol. The molecule has 0 saturated carbocycles. The molecule has 57 heavy (non-hydrogen) atoms. The Labute approximate surface area is 340 Å². The molecule has 0 amide bonds. The van der Waals surface area contributed by atoms with Crippen molar-refractivity contribution >= 4 is 43.6 Å². The molecule has 0 radical (unpaired) electrons. The molecule has 0 bridgehead atoms. The van der Waals surface area contributed by atoms with Gasteiger partial charge in [0, 0.05) is 38.3 Å². The summed E-state index contributed by atoms with van der Waals surface area (Å²) in [4.78, 5) is 0. The normalized spacial score (nSPS) is 13.4. The summed E-state index contributed by atoms with van der Waals surface area (Å²) in [7, 11) is 0. The first-order valence-electron chi connectivity index (χ1n) is 22.3. The zero-order chi connectivity index (χ0) is 39.3. The maximum absolute atomic E-state index is 2.53. The molecular weight excluding hydrogens is 689 g/mol. The Morgan fingerprint density at radius 3 is 0.947 bits per heavy atom. The van der Waals surface area contributed by atoms with Gasteiger partial charge in [-0.05, 0) is 169 Å². The van der Waals surface area contributed by atoms with Crippen molar-refractivity contribution < 1.29 is 0 Å². The number of benzene rings is 6. The SMILES string of the molecule is CCCCc1ccc2c(c1)c1cc(CCCC)ccc1n2-c1ccc2c(c1)C(C)(C)c1cc(-n3c4ccc(CCCC)cc4c4cc(CCCC)ccc43)ccc1-2. The van der Waals surface area contributed by atoms with Crippen molar-refractivity contribution in [3.05, 3.63) is 143 Å². The molecule has 0 saturated heterocycles. The zero-order valence-electron chi connectivity index (χ0n) is 35.3. The van der Waals surface area contributed by atoms with E-state index in [1.54, 1.807) is 0 Å². The monoisotopic (exact) mass is 748 g/mol. The number of fused-ring (bicyclic) bond motifs is 9. The van der Waals surface area contributed by atoms with Crippen LogP contribution in [0.2, 0.25) is 0 Å². The first-order valence-corrected chi connectivity index (χ1v) is 22.3. The highest BCUT2D eigenvalue weighted by molar-refractivity contribution is 6.11. The molecule has 1 aliphatic rings. The molecule has 0 N–H and O–H groups in total. The Kier molecular flexibility index (Phi) is 10.1. The molecule has 2 heterocycles. The van der Waals surface area contributed by atoms with Gasteiger partial charge in [-0.1, -0.05) is 104 Å². The van der Waals surface area contributed by atoms with Crippen LogP contribution in [0.15, 0.2) is 109 Å². The van der Waals surface area contributed by atoms with E-state index in [1.807, 2.05) is 0 Å². The van der Waals surface area contributed by atoms with Gasteiger partial charge in [-0.2, -0.15) is 0 Å². The number of aryl methyl sites for hydroxylation is 4. The van der Waals surface area contributed by atoms with E-state index >= 15 is 0 Å². The van der Waals surface area contributed by atoms with Gasteiger partial charge in [0.2, 0.25) is 0 Å². The van der Waals surface area contributed by atoms with E-state index in [1.165, 1.54) is 151 Å². The summed E-state index contributed by atoms with van der Waals surface area (Å²) < 4.78 is 5.06. The van der Waals surface area contributed by atoms with E-state index < -0.39 is 0 Å². The van der Waals surface area contributed by atoms with Gasteiger partial charge in [0.15, 0.2) is 0 Å². The Bertz CT molecular complexity index is 2450. The second-order valence-corrected chi connectivity index (χ2v) is 17.6. The van der Waals surface area contributed by atoms with E-state index in [2.05, 4.69) is 160 Å². The minimum absolute atomic E-state index is 0.157. The summed E-state index contributed by atoms with van der Waals surface area (Å²) in [5, 5.41) is 5.52. The highest BCUT2D eigenvalue weighted by atomic mass is 15.0. The summed E-state index contributed by atoms with van der Waals surface area (Å²) in [5.41, 5.74) is 18.9. The Morgan fingerprint density at radius 1 is 0.368 bits per heavy atom. The molecule has 2 aromatic heterocycles. The molecule has 8 aromatic rings. The van der Waals surface area contributed by atoms with Crippen LogP contribution >= 0.6 is 0 Å². The second kappa shape index (κ2) is 15.4. The van der Waals surface area contributed by atoms with E-state index in [0.717, 1.165) is 25.7 Å². The van der Waals surface area contributed by atoms with Gasteiger partial charge < -0.3 is 9.13 Å². The van der Waals surface area contributed by atoms with E-state index in [0.29, 0.717) is 0 Å². The number of unbranched alkanes of at least 4 members (excludes halogenated alkanes) is 4. The molecule has 290 valence electrons. The number of hydrogen-bond acceptors (Lipinski definition) is 0. The minimum Gasteiger partial charge on any atom is -0.309 e. The van der Waals surface area contributed by atoms with Gasteiger partial charge in [0.1, 0.15) is 0 Å². The predicted octanol–water partition coefficient (Wildman–Crippen LogP) is 15.6. The summed E-state index contributed by atoms with van der Waals surface area (Å²) in [5.74, 6) is 0. The third kappa shape index (κ3) is 6.50. The molecule has 0 unspecified atom stereocenters. The third-order valence-electron chi connectivity index (χ3n) is 13.2. The maximum atomic E-state index is 2.53. The molecule has 6 aromatic carbocycles. The van der Waals surface area contributed by atoms with Crippen LogP contribution in [0.5, 0.6) is 0 Å². The van der Waals surface area contributed by atoms with Crippen molar-refractivity contribution in [3.63, 3.8) is 0 Å². The van der Waals surface area contributed by atoms with Gasteiger partial charge >= 0.3 is 0 Å². The van der Waals surface area contributed by atoms with Crippen molar-refractivity contribution in [2.45, 2.75) is 124 Å². The molecule has 0 spiro atoms. The lowest BCUT2D eigenvalue weighted by atomic mass is 9.82. The molecule has 2 nitrogen and oxygen atoms in total. The van der Waals surface area contributed by atoms with Crippen molar-refractivity contribution in [3.8, 4) is 22.5 Å². The fourth-order valence-electron chi connectivity index (χ4n) is 9.93. The average molecular weight is 749 g/mol. The molecule has 1 aliphatic carbocycles. The number of nitrogens with zero attached hydrogens (tertiary/aromatic N) is 2. The highest BCUT2D eigenvalue weighted by Gasteiger charge is 2.36. The van der Waals surface area contributed by atoms with Crippen molar-refractivity contribution in [1.29, 1.82) is 0 Å². The van der Waals surface area contributed by atoms with Crippen molar-refractivity contribution in [1.82, 2.24) is 9.13 Å². The molecule has 9 rings (SSSR count). The average Bonchev–Trinajstić information content (AvgIpc) is 3.81. The van der Waals surface area contributed by atoms with Crippen LogP contribution in [-0.2, 0) is 31.1 Å². The summed E-state index contributed by atoms with van der Waals surface area (Å²) in [6.07, 6.45) is 14.3. The molecule has 0 atom stereocenters. The zero-order valence-corrected chi connectivity index (χ0v) is 35.3. The van der Waals surface area contributed by atoms with Crippen LogP contribution in [0, 0.1) is 0 Å². The van der Waals surface area contributed by atoms with Crippen molar-refractivity contribution in [2.24, 2.45) is 0 Å². The Balaban J connectivity index is 1.16. The van der Waals surface area contributed by atoms with Crippen LogP contribution in [0.1, 0.15) is 126 Å². The quantitative estimate of drug-likeness (QED) is 0.105. The fraction of sp³-hybridized carbons (Fsp3) is 0.345. The van der Waals surface area contributed by atoms with Gasteiger partial charge in [-0.25, -0.2) is 0 Å². The third-order valence-corrected chi connectivity index (χ3v) is 13.2. The maximum Gasteiger partial charge on any atom is 0.0541 e. The van der Waals surface area contributed by atoms with Gasteiger partial charge in [0.05, 0.1) is 22.1 Å². The topological polar surface area (TPSA) is 9.86 Å². The van der Waals surface area contributed by atoms with E-state index in [9.17, 15) is 0 Å². The molecular formula is C55H60N2. The second-order valence-electron chi connectivity index (χ2n) is 17.6. The molecule has 0 fully saturated rings. The van der Waals surface area contributed by atoms with Crippen LogP contribution in [0.3, 0.4) is 0 Å². The Morgan fingerprint density at radius 2 is 0.667 bits per heavy atom. The van der Waals surface area contributed by atoms with E-state index in [4.69, 9.17) is 0 Å². The largest absolute Gasteiger partial charge is 0.309 e. The smallest absolute Gasteiger partial charge is 0.0541 e. The molecule has 2 heteroatoms. The standard InChI is InChI=1S/C55H60N2/c1-7-11-15-37-19-27-51-45(31-37)46-32-38(16-12-8-2)20-28-52(46)56(51)41-23-25-43-44-26-24-42(36-50(44)55(5,6)49(43)35-41)57-53-29-21-39(17-13-9-3)33-47(53)48-34-40(18-14-10-4)22-30-54(48)57/h19-36H,7-18H2,1-6H3. The fourth-order valence-corrected chi connectivity index (χ4v) is 9.93. The van der Waals surface area contributed by atoms with Crippen molar-refractivity contribution in [2.75, 3.05) is 0 Å². The lowest BCUT2D eigenvalue weighted by molar-refractivity contribution is 0.659. The number of hydrogen-bond donors (Lipinski definition) is 0. The summed E-state index contributed by atoms with van der Waals surface area (Å²) in [6, 6.07) is 43.5. The van der Waals surface area contributed by atoms with Crippen LogP contribution in [0.4, 0.5) is 0 Å². The number of aromatic nitrogens is 2. The van der Waals surface area contributed by atoms with Crippen LogP contribution in [0.25, 0.3) is 66.1 Å². The van der Waals surface area contributed by atoms with Crippen LogP contribution < -0.4 is 0 Å².